The van der Waals surface area contributed by atoms with E-state index in [1.54, 1.807) is 12.1 Å². The van der Waals surface area contributed by atoms with E-state index in [-0.39, 0.29) is 5.91 Å². The highest BCUT2D eigenvalue weighted by Crippen LogP contribution is 2.34. The van der Waals surface area contributed by atoms with E-state index in [2.05, 4.69) is 0 Å². The van der Waals surface area contributed by atoms with E-state index in [4.69, 9.17) is 13.9 Å². The molecule has 3 aromatic rings. The SMILES string of the molecule is Cc1ccc2oc(=O)c3cc(C(=O)N4CCC5(CC4)OCCO5)sc3c2c1. The Morgan fingerprint density at radius 2 is 1.85 bits per heavy atom. The van der Waals surface area contributed by atoms with Crippen LogP contribution in [0.2, 0.25) is 0 Å². The van der Waals surface area contributed by atoms with Crippen LogP contribution in [0.15, 0.2) is 33.5 Å². The minimum atomic E-state index is -0.508. The molecular formula is C20H19NO5S. The molecule has 2 fully saturated rings. The van der Waals surface area contributed by atoms with Crippen molar-refractivity contribution in [3.05, 3.63) is 45.1 Å². The van der Waals surface area contributed by atoms with E-state index >= 15 is 0 Å². The van der Waals surface area contributed by atoms with Gasteiger partial charge in [0.2, 0.25) is 0 Å². The molecule has 0 aliphatic carbocycles. The van der Waals surface area contributed by atoms with Gasteiger partial charge in [-0.3, -0.25) is 4.79 Å². The molecule has 0 bridgehead atoms. The number of rotatable bonds is 1. The van der Waals surface area contributed by atoms with Crippen molar-refractivity contribution in [3.8, 4) is 0 Å². The Morgan fingerprint density at radius 3 is 2.59 bits per heavy atom. The second-order valence-corrected chi connectivity index (χ2v) is 8.19. The predicted molar refractivity (Wildman–Crippen MR) is 102 cm³/mol. The van der Waals surface area contributed by atoms with Crippen molar-refractivity contribution >= 4 is 38.3 Å². The zero-order valence-electron chi connectivity index (χ0n) is 14.9. The molecule has 0 saturated carbocycles. The highest BCUT2D eigenvalue weighted by Gasteiger charge is 2.41. The van der Waals surface area contributed by atoms with Gasteiger partial charge in [-0.1, -0.05) is 11.6 Å². The number of piperidine rings is 1. The van der Waals surface area contributed by atoms with Crippen LogP contribution >= 0.6 is 11.3 Å². The standard InChI is InChI=1S/C20H19NO5S/c1-12-2-3-15-13(10-12)17-14(19(23)26-15)11-16(27-17)18(22)21-6-4-20(5-7-21)24-8-9-25-20/h2-3,10-11H,4-9H2,1H3. The molecule has 1 amide bonds. The minimum Gasteiger partial charge on any atom is -0.422 e. The van der Waals surface area contributed by atoms with Crippen LogP contribution < -0.4 is 5.63 Å². The third kappa shape index (κ3) is 2.77. The summed E-state index contributed by atoms with van der Waals surface area (Å²) in [5.41, 5.74) is 1.23. The maximum atomic E-state index is 13.0. The summed E-state index contributed by atoms with van der Waals surface area (Å²) < 4.78 is 17.7. The number of ether oxygens (including phenoxy) is 2. The average molecular weight is 385 g/mol. The first-order valence-electron chi connectivity index (χ1n) is 9.09. The molecule has 2 saturated heterocycles. The summed E-state index contributed by atoms with van der Waals surface area (Å²) in [6, 6.07) is 7.37. The van der Waals surface area contributed by atoms with Gasteiger partial charge < -0.3 is 18.8 Å². The lowest BCUT2D eigenvalue weighted by Crippen LogP contribution is -2.47. The van der Waals surface area contributed by atoms with E-state index < -0.39 is 11.4 Å². The molecule has 0 N–H and O–H groups in total. The molecule has 1 spiro atoms. The third-order valence-electron chi connectivity index (χ3n) is 5.37. The van der Waals surface area contributed by atoms with Crippen LogP contribution in [0.3, 0.4) is 0 Å². The summed E-state index contributed by atoms with van der Waals surface area (Å²) >= 11 is 1.36. The first-order valence-corrected chi connectivity index (χ1v) is 9.91. The molecule has 2 aromatic heterocycles. The lowest BCUT2D eigenvalue weighted by Gasteiger charge is -2.37. The second kappa shape index (κ2) is 6.15. The summed E-state index contributed by atoms with van der Waals surface area (Å²) in [5.74, 6) is -0.560. The molecule has 5 rings (SSSR count). The number of likely N-dealkylation sites (tertiary alicyclic amines) is 1. The molecule has 7 heteroatoms. The summed E-state index contributed by atoms with van der Waals surface area (Å²) in [6.07, 6.45) is 1.35. The fourth-order valence-electron chi connectivity index (χ4n) is 3.91. The minimum absolute atomic E-state index is 0.0516. The van der Waals surface area contributed by atoms with Gasteiger partial charge in [-0.15, -0.1) is 11.3 Å². The zero-order valence-corrected chi connectivity index (χ0v) is 15.8. The lowest BCUT2D eigenvalue weighted by atomic mass is 10.0. The summed E-state index contributed by atoms with van der Waals surface area (Å²) in [7, 11) is 0. The van der Waals surface area contributed by atoms with Gasteiger partial charge >= 0.3 is 5.63 Å². The smallest absolute Gasteiger partial charge is 0.345 e. The van der Waals surface area contributed by atoms with Gasteiger partial charge in [0, 0.05) is 31.3 Å². The molecule has 27 heavy (non-hydrogen) atoms. The van der Waals surface area contributed by atoms with Crippen LogP contribution in [0, 0.1) is 6.92 Å². The van der Waals surface area contributed by atoms with E-state index in [9.17, 15) is 9.59 Å². The van der Waals surface area contributed by atoms with Gasteiger partial charge in [-0.25, -0.2) is 4.79 Å². The maximum Gasteiger partial charge on any atom is 0.345 e. The van der Waals surface area contributed by atoms with Crippen molar-refractivity contribution in [1.29, 1.82) is 0 Å². The molecule has 140 valence electrons. The molecule has 1 aromatic carbocycles. The summed E-state index contributed by atoms with van der Waals surface area (Å²) in [4.78, 5) is 27.7. The zero-order chi connectivity index (χ0) is 18.6. The normalized spacial score (nSPS) is 19.4. The van der Waals surface area contributed by atoms with Crippen LogP contribution in [-0.4, -0.2) is 42.9 Å². The van der Waals surface area contributed by atoms with Crippen LogP contribution in [0.1, 0.15) is 28.1 Å². The van der Waals surface area contributed by atoms with Crippen LogP contribution in [0.25, 0.3) is 21.1 Å². The van der Waals surface area contributed by atoms with E-state index in [1.165, 1.54) is 11.3 Å². The number of nitrogens with zero attached hydrogens (tertiary/aromatic N) is 1. The lowest BCUT2D eigenvalue weighted by molar-refractivity contribution is -0.181. The number of hydrogen-bond acceptors (Lipinski definition) is 6. The fraction of sp³-hybridized carbons (Fsp3) is 0.400. The number of fused-ring (bicyclic) bond motifs is 3. The number of carbonyl (C=O) groups excluding carboxylic acids is 1. The Bertz CT molecular complexity index is 1100. The molecule has 4 heterocycles. The van der Waals surface area contributed by atoms with Crippen molar-refractivity contribution in [2.75, 3.05) is 26.3 Å². The van der Waals surface area contributed by atoms with Crippen molar-refractivity contribution in [2.45, 2.75) is 25.6 Å². The number of carbonyl (C=O) groups is 1. The maximum absolute atomic E-state index is 13.0. The predicted octanol–water partition coefficient (Wildman–Crippen LogP) is 3.30. The van der Waals surface area contributed by atoms with Gasteiger partial charge in [-0.05, 0) is 25.1 Å². The number of hydrogen-bond donors (Lipinski definition) is 0. The van der Waals surface area contributed by atoms with Crippen molar-refractivity contribution in [1.82, 2.24) is 4.90 Å². The molecule has 0 unspecified atom stereocenters. The molecule has 2 aliphatic heterocycles. The highest BCUT2D eigenvalue weighted by molar-refractivity contribution is 7.21. The van der Waals surface area contributed by atoms with Crippen LogP contribution in [0.5, 0.6) is 0 Å². The Hall–Kier alpha value is -2.22. The van der Waals surface area contributed by atoms with Crippen molar-refractivity contribution in [3.63, 3.8) is 0 Å². The van der Waals surface area contributed by atoms with Crippen molar-refractivity contribution in [2.24, 2.45) is 0 Å². The summed E-state index contributed by atoms with van der Waals surface area (Å²) in [6.45, 7) is 4.40. The quantitative estimate of drug-likeness (QED) is 0.601. The van der Waals surface area contributed by atoms with Crippen LogP contribution in [-0.2, 0) is 9.47 Å². The topological polar surface area (TPSA) is 69.0 Å². The number of amides is 1. The van der Waals surface area contributed by atoms with E-state index in [1.807, 2.05) is 24.0 Å². The van der Waals surface area contributed by atoms with Gasteiger partial charge in [-0.2, -0.15) is 0 Å². The van der Waals surface area contributed by atoms with E-state index in [0.29, 0.717) is 55.0 Å². The van der Waals surface area contributed by atoms with Gasteiger partial charge in [0.05, 0.1) is 28.2 Å². The monoisotopic (exact) mass is 385 g/mol. The highest BCUT2D eigenvalue weighted by atomic mass is 32.1. The number of aryl methyl sites for hydroxylation is 1. The van der Waals surface area contributed by atoms with E-state index in [0.717, 1.165) is 15.6 Å². The van der Waals surface area contributed by atoms with Crippen molar-refractivity contribution < 1.29 is 18.7 Å². The first kappa shape index (κ1) is 16.9. The Labute approximate surface area is 159 Å². The second-order valence-electron chi connectivity index (χ2n) is 7.14. The van der Waals surface area contributed by atoms with Gasteiger partial charge in [0.1, 0.15) is 5.58 Å². The largest absolute Gasteiger partial charge is 0.422 e. The Morgan fingerprint density at radius 1 is 1.11 bits per heavy atom. The molecule has 0 atom stereocenters. The third-order valence-corrected chi connectivity index (χ3v) is 6.53. The molecule has 6 nitrogen and oxygen atoms in total. The number of benzene rings is 1. The van der Waals surface area contributed by atoms with Gasteiger partial charge in [0.15, 0.2) is 5.79 Å². The Kier molecular flexibility index (Phi) is 3.86. The van der Waals surface area contributed by atoms with Gasteiger partial charge in [0.25, 0.3) is 5.91 Å². The Balaban J connectivity index is 1.49. The van der Waals surface area contributed by atoms with Crippen LogP contribution in [0.4, 0.5) is 0 Å². The average Bonchev–Trinajstić information content (AvgIpc) is 3.31. The first-order chi connectivity index (χ1) is 13.0. The molecule has 0 radical (unpaired) electrons. The number of thiophene rings is 1. The molecular weight excluding hydrogens is 366 g/mol. The fourth-order valence-corrected chi connectivity index (χ4v) is 5.04. The molecule has 2 aliphatic rings. The summed E-state index contributed by atoms with van der Waals surface area (Å²) in [5, 5.41) is 1.34.